The molecule has 0 bridgehead atoms. The van der Waals surface area contributed by atoms with E-state index < -0.39 is 0 Å². The third-order valence-electron chi connectivity index (χ3n) is 3.38. The van der Waals surface area contributed by atoms with E-state index >= 15 is 0 Å². The summed E-state index contributed by atoms with van der Waals surface area (Å²) in [6, 6.07) is 0. The van der Waals surface area contributed by atoms with Crippen LogP contribution in [0.5, 0.6) is 0 Å². The second-order valence-corrected chi connectivity index (χ2v) is 5.59. The van der Waals surface area contributed by atoms with E-state index in [2.05, 4.69) is 72.4 Å². The molecule has 0 fully saturated rings. The first-order chi connectivity index (χ1) is 11.8. The Hall–Kier alpha value is -1.83. The Balaban J connectivity index is 3.47. The van der Waals surface area contributed by atoms with Gasteiger partial charge in [0.1, 0.15) is 0 Å². The van der Waals surface area contributed by atoms with E-state index in [1.165, 1.54) is 13.5 Å². The Bertz CT molecular complexity index is 425. The van der Waals surface area contributed by atoms with Gasteiger partial charge in [-0.1, -0.05) is 74.1 Å². The topological polar surface area (TPSA) is 26.3 Å². The van der Waals surface area contributed by atoms with Gasteiger partial charge >= 0.3 is 5.97 Å². The summed E-state index contributed by atoms with van der Waals surface area (Å²) in [6.45, 7) is 2.19. The number of allylic oxidation sites excluding steroid dienone is 10. The molecule has 0 aliphatic heterocycles. The Morgan fingerprint density at radius 1 is 0.750 bits per heavy atom. The zero-order valence-electron chi connectivity index (χ0n) is 15.5. The van der Waals surface area contributed by atoms with Crippen LogP contribution >= 0.6 is 0 Å². The van der Waals surface area contributed by atoms with Crippen LogP contribution in [0.4, 0.5) is 0 Å². The molecule has 0 heterocycles. The molecular formula is C22H34O2. The van der Waals surface area contributed by atoms with Gasteiger partial charge in [0.2, 0.25) is 0 Å². The molecule has 134 valence electrons. The number of carbonyl (C=O) groups excluding carboxylic acids is 1. The van der Waals surface area contributed by atoms with Crippen LogP contribution in [-0.4, -0.2) is 13.1 Å². The van der Waals surface area contributed by atoms with Crippen molar-refractivity contribution in [2.75, 3.05) is 7.11 Å². The summed E-state index contributed by atoms with van der Waals surface area (Å²) in [5.74, 6) is -0.113. The third-order valence-corrected chi connectivity index (χ3v) is 3.38. The molecule has 0 spiro atoms. The molecule has 0 unspecified atom stereocenters. The highest BCUT2D eigenvalue weighted by Gasteiger charge is 1.97. The van der Waals surface area contributed by atoms with E-state index in [1.807, 2.05) is 0 Å². The minimum atomic E-state index is -0.113. The summed E-state index contributed by atoms with van der Waals surface area (Å²) in [5, 5.41) is 0. The lowest BCUT2D eigenvalue weighted by Gasteiger charge is -1.96. The molecule has 0 atom stereocenters. The van der Waals surface area contributed by atoms with Crippen molar-refractivity contribution in [3.05, 3.63) is 60.8 Å². The smallest absolute Gasteiger partial charge is 0.305 e. The molecule has 0 saturated carbocycles. The van der Waals surface area contributed by atoms with Crippen LogP contribution in [-0.2, 0) is 9.53 Å². The van der Waals surface area contributed by atoms with Crippen molar-refractivity contribution in [3.8, 4) is 0 Å². The number of esters is 1. The average Bonchev–Trinajstić information content (AvgIpc) is 2.60. The van der Waals surface area contributed by atoms with Crippen molar-refractivity contribution in [2.45, 2.75) is 64.7 Å². The van der Waals surface area contributed by atoms with Crippen LogP contribution in [0.2, 0.25) is 0 Å². The summed E-state index contributed by atoms with van der Waals surface area (Å²) < 4.78 is 4.61. The summed E-state index contributed by atoms with van der Waals surface area (Å²) in [5.41, 5.74) is 0. The quantitative estimate of drug-likeness (QED) is 0.158. The molecular weight excluding hydrogens is 296 g/mol. The highest BCUT2D eigenvalue weighted by atomic mass is 16.5. The minimum Gasteiger partial charge on any atom is -0.469 e. The van der Waals surface area contributed by atoms with Crippen molar-refractivity contribution < 1.29 is 9.53 Å². The van der Waals surface area contributed by atoms with Gasteiger partial charge in [-0.3, -0.25) is 4.79 Å². The van der Waals surface area contributed by atoms with E-state index in [0.29, 0.717) is 6.42 Å². The number of methoxy groups -OCH3 is 1. The van der Waals surface area contributed by atoms with Gasteiger partial charge in [0.15, 0.2) is 0 Å². The molecule has 0 amide bonds. The van der Waals surface area contributed by atoms with Gasteiger partial charge in [0.05, 0.1) is 7.11 Å². The fourth-order valence-corrected chi connectivity index (χ4v) is 1.97. The van der Waals surface area contributed by atoms with Crippen LogP contribution in [0.3, 0.4) is 0 Å². The first kappa shape index (κ1) is 22.2. The molecule has 0 rings (SSSR count). The van der Waals surface area contributed by atoms with Crippen LogP contribution in [0, 0.1) is 0 Å². The van der Waals surface area contributed by atoms with Gasteiger partial charge in [0, 0.05) is 6.42 Å². The molecule has 0 aromatic carbocycles. The zero-order chi connectivity index (χ0) is 17.7. The van der Waals surface area contributed by atoms with Crippen molar-refractivity contribution >= 4 is 5.97 Å². The lowest BCUT2D eigenvalue weighted by Crippen LogP contribution is -1.98. The van der Waals surface area contributed by atoms with E-state index in [-0.39, 0.29) is 5.97 Å². The number of hydrogen-bond donors (Lipinski definition) is 0. The monoisotopic (exact) mass is 330 g/mol. The molecule has 0 aliphatic carbocycles. The minimum absolute atomic E-state index is 0.113. The maximum absolute atomic E-state index is 10.9. The SMILES string of the molecule is CCC/C=C/C=C\C/C=C\C/C=C\C/C=C\CCCCC(=O)OC. The van der Waals surface area contributed by atoms with Gasteiger partial charge in [0.25, 0.3) is 0 Å². The number of unbranched alkanes of at least 4 members (excludes halogenated alkanes) is 3. The Morgan fingerprint density at radius 2 is 1.33 bits per heavy atom. The molecule has 0 aromatic heterocycles. The maximum atomic E-state index is 10.9. The fourth-order valence-electron chi connectivity index (χ4n) is 1.97. The number of carbonyl (C=O) groups is 1. The molecule has 2 nitrogen and oxygen atoms in total. The Morgan fingerprint density at radius 3 is 1.96 bits per heavy atom. The first-order valence-electron chi connectivity index (χ1n) is 9.14. The van der Waals surface area contributed by atoms with Crippen molar-refractivity contribution in [1.29, 1.82) is 0 Å². The highest BCUT2D eigenvalue weighted by Crippen LogP contribution is 2.02. The van der Waals surface area contributed by atoms with E-state index in [9.17, 15) is 4.79 Å². The van der Waals surface area contributed by atoms with Gasteiger partial charge in [-0.2, -0.15) is 0 Å². The van der Waals surface area contributed by atoms with Crippen molar-refractivity contribution in [2.24, 2.45) is 0 Å². The van der Waals surface area contributed by atoms with Gasteiger partial charge in [-0.05, 0) is 44.9 Å². The van der Waals surface area contributed by atoms with Gasteiger partial charge in [-0.15, -0.1) is 0 Å². The summed E-state index contributed by atoms with van der Waals surface area (Å²) >= 11 is 0. The lowest BCUT2D eigenvalue weighted by atomic mass is 10.2. The number of ether oxygens (including phenoxy) is 1. The van der Waals surface area contributed by atoms with Crippen LogP contribution < -0.4 is 0 Å². The fraction of sp³-hybridized carbons (Fsp3) is 0.500. The summed E-state index contributed by atoms with van der Waals surface area (Å²) in [7, 11) is 1.44. The second-order valence-electron chi connectivity index (χ2n) is 5.59. The Labute approximate surface area is 148 Å². The molecule has 0 saturated heterocycles. The number of rotatable bonds is 14. The van der Waals surface area contributed by atoms with E-state index in [0.717, 1.165) is 44.9 Å². The van der Waals surface area contributed by atoms with Crippen LogP contribution in [0.1, 0.15) is 64.7 Å². The van der Waals surface area contributed by atoms with Crippen LogP contribution in [0.15, 0.2) is 60.8 Å². The largest absolute Gasteiger partial charge is 0.469 e. The van der Waals surface area contributed by atoms with Crippen molar-refractivity contribution in [1.82, 2.24) is 0 Å². The molecule has 0 radical (unpaired) electrons. The summed E-state index contributed by atoms with van der Waals surface area (Å²) in [6.07, 6.45) is 30.6. The molecule has 0 aromatic rings. The van der Waals surface area contributed by atoms with E-state index in [4.69, 9.17) is 0 Å². The van der Waals surface area contributed by atoms with Gasteiger partial charge < -0.3 is 4.74 Å². The zero-order valence-corrected chi connectivity index (χ0v) is 15.5. The van der Waals surface area contributed by atoms with E-state index in [1.54, 1.807) is 0 Å². The second kappa shape index (κ2) is 19.2. The van der Waals surface area contributed by atoms with Gasteiger partial charge in [-0.25, -0.2) is 0 Å². The van der Waals surface area contributed by atoms with Crippen LogP contribution in [0.25, 0.3) is 0 Å². The number of hydrogen-bond acceptors (Lipinski definition) is 2. The molecule has 0 N–H and O–H groups in total. The lowest BCUT2D eigenvalue weighted by molar-refractivity contribution is -0.140. The summed E-state index contributed by atoms with van der Waals surface area (Å²) in [4.78, 5) is 10.9. The third kappa shape index (κ3) is 18.2. The highest BCUT2D eigenvalue weighted by molar-refractivity contribution is 5.68. The molecule has 0 aliphatic rings. The first-order valence-corrected chi connectivity index (χ1v) is 9.14. The predicted octanol–water partition coefficient (Wildman–Crippen LogP) is 6.47. The normalized spacial score (nSPS) is 12.6. The maximum Gasteiger partial charge on any atom is 0.305 e. The standard InChI is InChI=1S/C22H34O2/c1-3-4-5-6-7-8-9-10-11-12-13-14-15-16-17-18-19-20-21-22(23)24-2/h5-8,10-11,13-14,16-17H,3-4,9,12,15,18-21H2,1-2H3/b6-5+,8-7-,11-10-,14-13-,17-16-. The predicted molar refractivity (Wildman–Crippen MR) is 105 cm³/mol. The molecule has 24 heavy (non-hydrogen) atoms. The average molecular weight is 331 g/mol. The Kier molecular flexibility index (Phi) is 17.8. The van der Waals surface area contributed by atoms with Crippen molar-refractivity contribution in [3.63, 3.8) is 0 Å². The molecule has 2 heteroatoms.